The van der Waals surface area contributed by atoms with Crippen LogP contribution in [0.1, 0.15) is 6.92 Å². The summed E-state index contributed by atoms with van der Waals surface area (Å²) in [5, 5.41) is 14.2. The Morgan fingerprint density at radius 3 is 2.37 bits per heavy atom. The van der Waals surface area contributed by atoms with Crippen molar-refractivity contribution >= 4 is 38.9 Å². The molecule has 3 rings (SSSR count). The zero-order valence-electron chi connectivity index (χ0n) is 15.0. The van der Waals surface area contributed by atoms with E-state index in [0.29, 0.717) is 31.9 Å². The highest BCUT2D eigenvalue weighted by atomic mass is 79.9. The number of benzene rings is 2. The van der Waals surface area contributed by atoms with Gasteiger partial charge in [-0.2, -0.15) is 0 Å². The molecule has 1 aliphatic heterocycles. The lowest BCUT2D eigenvalue weighted by Gasteiger charge is -2.38. The van der Waals surface area contributed by atoms with Crippen LogP contribution in [0.25, 0.3) is 0 Å². The molecule has 0 aromatic heterocycles. The fourth-order valence-electron chi connectivity index (χ4n) is 3.18. The normalized spacial score (nSPS) is 16.0. The van der Waals surface area contributed by atoms with Crippen molar-refractivity contribution in [3.8, 4) is 0 Å². The number of nitro groups is 1. The predicted molar refractivity (Wildman–Crippen MR) is 109 cm³/mol. The van der Waals surface area contributed by atoms with Crippen LogP contribution < -0.4 is 10.2 Å². The second kappa shape index (κ2) is 8.49. The van der Waals surface area contributed by atoms with Crippen LogP contribution in [0.15, 0.2) is 53.0 Å². The van der Waals surface area contributed by atoms with Crippen molar-refractivity contribution in [2.75, 3.05) is 36.4 Å². The molecule has 0 radical (unpaired) electrons. The zero-order valence-corrected chi connectivity index (χ0v) is 16.6. The van der Waals surface area contributed by atoms with E-state index in [0.717, 1.165) is 10.2 Å². The van der Waals surface area contributed by atoms with E-state index < -0.39 is 0 Å². The van der Waals surface area contributed by atoms with Crippen molar-refractivity contribution in [2.45, 2.75) is 13.0 Å². The number of para-hydroxylation sites is 2. The van der Waals surface area contributed by atoms with Crippen molar-refractivity contribution in [1.29, 1.82) is 0 Å². The van der Waals surface area contributed by atoms with Gasteiger partial charge >= 0.3 is 0 Å². The maximum absolute atomic E-state index is 12.5. The molecule has 1 heterocycles. The Morgan fingerprint density at radius 1 is 1.11 bits per heavy atom. The van der Waals surface area contributed by atoms with Crippen molar-refractivity contribution in [1.82, 2.24) is 4.90 Å². The molecule has 0 saturated carbocycles. The second-order valence-corrected chi connectivity index (χ2v) is 7.36. The summed E-state index contributed by atoms with van der Waals surface area (Å²) < 4.78 is 0.958. The Labute approximate surface area is 166 Å². The maximum atomic E-state index is 12.5. The van der Waals surface area contributed by atoms with Crippen molar-refractivity contribution in [3.05, 3.63) is 63.1 Å². The van der Waals surface area contributed by atoms with Gasteiger partial charge in [-0.3, -0.25) is 19.8 Å². The lowest BCUT2D eigenvalue weighted by Crippen LogP contribution is -2.52. The molecule has 1 unspecified atom stereocenters. The van der Waals surface area contributed by atoms with Crippen LogP contribution >= 0.6 is 15.9 Å². The smallest absolute Gasteiger partial charge is 0.292 e. The van der Waals surface area contributed by atoms with E-state index in [-0.39, 0.29) is 22.6 Å². The first-order valence-corrected chi connectivity index (χ1v) is 9.54. The summed E-state index contributed by atoms with van der Waals surface area (Å²) in [6.45, 7) is 4.50. The number of anilines is 2. The van der Waals surface area contributed by atoms with Gasteiger partial charge in [0.2, 0.25) is 5.91 Å². The van der Waals surface area contributed by atoms with Crippen LogP contribution in [-0.4, -0.2) is 48.0 Å². The summed E-state index contributed by atoms with van der Waals surface area (Å²) in [6.07, 6.45) is 0. The molecule has 0 aliphatic carbocycles. The van der Waals surface area contributed by atoms with E-state index in [9.17, 15) is 14.9 Å². The Hall–Kier alpha value is -2.45. The summed E-state index contributed by atoms with van der Waals surface area (Å²) in [7, 11) is 0. The Balaban J connectivity index is 1.59. The second-order valence-electron chi connectivity index (χ2n) is 6.44. The third-order valence-corrected chi connectivity index (χ3v) is 5.30. The third kappa shape index (κ3) is 4.64. The number of nitrogens with one attached hydrogen (secondary N) is 1. The van der Waals surface area contributed by atoms with E-state index in [1.807, 2.05) is 42.2 Å². The predicted octanol–water partition coefficient (Wildman–Crippen LogP) is 3.51. The molecule has 0 bridgehead atoms. The van der Waals surface area contributed by atoms with Crippen LogP contribution in [0, 0.1) is 10.1 Å². The molecule has 0 spiro atoms. The van der Waals surface area contributed by atoms with Crippen molar-refractivity contribution in [2.24, 2.45) is 0 Å². The number of hydrogen-bond donors (Lipinski definition) is 1. The minimum atomic E-state index is -0.351. The summed E-state index contributed by atoms with van der Waals surface area (Å²) in [6, 6.07) is 14.0. The van der Waals surface area contributed by atoms with Crippen LogP contribution in [0.3, 0.4) is 0 Å². The van der Waals surface area contributed by atoms with E-state index in [1.54, 1.807) is 12.1 Å². The molecule has 27 heavy (non-hydrogen) atoms. The Morgan fingerprint density at radius 2 is 1.74 bits per heavy atom. The van der Waals surface area contributed by atoms with Gasteiger partial charge in [0.1, 0.15) is 5.69 Å². The average molecular weight is 433 g/mol. The molecular formula is C19H21BrN4O3. The van der Waals surface area contributed by atoms with Gasteiger partial charge in [0, 0.05) is 42.4 Å². The number of carbonyl (C=O) groups excluding carboxylic acids is 1. The lowest BCUT2D eigenvalue weighted by atomic mass is 10.1. The summed E-state index contributed by atoms with van der Waals surface area (Å²) >= 11 is 3.37. The molecule has 1 N–H and O–H groups in total. The third-order valence-electron chi connectivity index (χ3n) is 4.77. The van der Waals surface area contributed by atoms with Gasteiger partial charge in [-0.05, 0) is 37.3 Å². The van der Waals surface area contributed by atoms with Gasteiger partial charge in [0.05, 0.1) is 11.0 Å². The molecule has 2 aromatic carbocycles. The standard InChI is InChI=1S/C19H21BrN4O3/c1-14(19(25)21-16-8-6-15(20)7-9-16)22-10-12-23(13-11-22)17-4-2-3-5-18(17)24(26)27/h2-9,14H,10-13H2,1H3,(H,21,25). The lowest BCUT2D eigenvalue weighted by molar-refractivity contribution is -0.384. The van der Waals surface area contributed by atoms with Crippen molar-refractivity contribution in [3.63, 3.8) is 0 Å². The molecule has 8 heteroatoms. The number of rotatable bonds is 5. The zero-order chi connectivity index (χ0) is 19.4. The van der Waals surface area contributed by atoms with Crippen molar-refractivity contribution < 1.29 is 9.72 Å². The fraction of sp³-hybridized carbons (Fsp3) is 0.316. The van der Waals surface area contributed by atoms with Crippen LogP contribution in [-0.2, 0) is 4.79 Å². The topological polar surface area (TPSA) is 78.7 Å². The highest BCUT2D eigenvalue weighted by Gasteiger charge is 2.28. The molecule has 1 fully saturated rings. The minimum absolute atomic E-state index is 0.0588. The molecule has 2 aromatic rings. The fourth-order valence-corrected chi connectivity index (χ4v) is 3.45. The number of nitrogens with zero attached hydrogens (tertiary/aromatic N) is 3. The van der Waals surface area contributed by atoms with Gasteiger partial charge in [-0.25, -0.2) is 0 Å². The number of hydrogen-bond acceptors (Lipinski definition) is 5. The van der Waals surface area contributed by atoms with Crippen LogP contribution in [0.5, 0.6) is 0 Å². The minimum Gasteiger partial charge on any atom is -0.363 e. The molecule has 1 aliphatic rings. The van der Waals surface area contributed by atoms with E-state index in [1.165, 1.54) is 6.07 Å². The van der Waals surface area contributed by atoms with E-state index >= 15 is 0 Å². The summed E-state index contributed by atoms with van der Waals surface area (Å²) in [4.78, 5) is 27.5. The number of amides is 1. The largest absolute Gasteiger partial charge is 0.363 e. The summed E-state index contributed by atoms with van der Waals surface area (Å²) in [5.74, 6) is -0.0588. The monoisotopic (exact) mass is 432 g/mol. The van der Waals surface area contributed by atoms with Gasteiger partial charge in [0.15, 0.2) is 0 Å². The highest BCUT2D eigenvalue weighted by molar-refractivity contribution is 9.10. The number of carbonyl (C=O) groups is 1. The number of piperazine rings is 1. The van der Waals surface area contributed by atoms with Gasteiger partial charge in [0.25, 0.3) is 5.69 Å². The van der Waals surface area contributed by atoms with E-state index in [4.69, 9.17) is 0 Å². The van der Waals surface area contributed by atoms with Crippen LogP contribution in [0.2, 0.25) is 0 Å². The van der Waals surface area contributed by atoms with Crippen LogP contribution in [0.4, 0.5) is 17.1 Å². The molecule has 1 atom stereocenters. The average Bonchev–Trinajstić information content (AvgIpc) is 2.69. The first kappa shape index (κ1) is 19.3. The molecule has 1 amide bonds. The molecule has 1 saturated heterocycles. The quantitative estimate of drug-likeness (QED) is 0.577. The summed E-state index contributed by atoms with van der Waals surface area (Å²) in [5.41, 5.74) is 1.51. The Kier molecular flexibility index (Phi) is 6.08. The maximum Gasteiger partial charge on any atom is 0.292 e. The Bertz CT molecular complexity index is 820. The highest BCUT2D eigenvalue weighted by Crippen LogP contribution is 2.28. The SMILES string of the molecule is CC(C(=O)Nc1ccc(Br)cc1)N1CCN(c2ccccc2[N+](=O)[O-])CC1. The van der Waals surface area contributed by atoms with Gasteiger partial charge in [-0.15, -0.1) is 0 Å². The van der Waals surface area contributed by atoms with Gasteiger partial charge in [-0.1, -0.05) is 28.1 Å². The number of nitro benzene ring substituents is 1. The number of halogens is 1. The van der Waals surface area contributed by atoms with E-state index in [2.05, 4.69) is 26.1 Å². The molecular weight excluding hydrogens is 412 g/mol. The van der Waals surface area contributed by atoms with Gasteiger partial charge < -0.3 is 10.2 Å². The first-order valence-electron chi connectivity index (χ1n) is 8.74. The first-order chi connectivity index (χ1) is 13.0. The molecule has 7 nitrogen and oxygen atoms in total. The molecule has 142 valence electrons.